The van der Waals surface area contributed by atoms with Gasteiger partial charge in [0.15, 0.2) is 0 Å². The zero-order chi connectivity index (χ0) is 4.00. The second-order valence-corrected chi connectivity index (χ2v) is 0. The molecule has 0 fully saturated rings. The van der Waals surface area contributed by atoms with Gasteiger partial charge in [0.25, 0.3) is 0 Å². The molecule has 0 bridgehead atoms. The summed E-state index contributed by atoms with van der Waals surface area (Å²) in [5.74, 6) is 3.50. The van der Waals surface area contributed by atoms with Crippen LogP contribution >= 0.6 is 0 Å². The maximum absolute atomic E-state index is 8.00. The van der Waals surface area contributed by atoms with Gasteiger partial charge in [-0.25, -0.2) is 5.90 Å². The van der Waals surface area contributed by atoms with Crippen molar-refractivity contribution in [2.75, 3.05) is 0 Å². The lowest BCUT2D eigenvalue weighted by molar-refractivity contribution is -0.0979. The standard InChI is InChI=1S/CH2O.2CH4.4FH.H3NO/c1-2;;;;;;;1-2/h1H2;2*1H4;4*1H;2H,1H2. The third kappa shape index (κ3) is 611. The molecule has 0 rings (SSSR count). The van der Waals surface area contributed by atoms with Gasteiger partial charge in [0.2, 0.25) is 0 Å². The monoisotopic (exact) mass is 175 g/mol. The van der Waals surface area contributed by atoms with E-state index in [9.17, 15) is 0 Å². The molecule has 10 heavy (non-hydrogen) atoms. The molecular formula is C3H17F4NO2. The predicted octanol–water partition coefficient (Wildman–Crippen LogP) is 1.03. The smallest absolute Gasteiger partial charge is 0.106 e. The molecule has 0 atom stereocenters. The van der Waals surface area contributed by atoms with Gasteiger partial charge in [0, 0.05) is 0 Å². The fourth-order valence-electron chi connectivity index (χ4n) is 0. The summed E-state index contributed by atoms with van der Waals surface area (Å²) >= 11 is 0. The van der Waals surface area contributed by atoms with Gasteiger partial charge in [-0.2, -0.15) is 0 Å². The average Bonchev–Trinajstić information content (AvgIpc) is 1.50. The normalized spacial score (nSPS) is 1.00. The molecule has 0 aromatic rings. The topological polar surface area (TPSA) is 63.3 Å². The minimum absolute atomic E-state index is 0. The Bertz CT molecular complexity index is 18.5. The van der Waals surface area contributed by atoms with Crippen LogP contribution in [0.4, 0.5) is 18.8 Å². The Morgan fingerprint density at radius 2 is 0.800 bits per heavy atom. The van der Waals surface area contributed by atoms with Gasteiger partial charge < -0.3 is 10.0 Å². The molecule has 3 N–H and O–H groups in total. The Morgan fingerprint density at radius 3 is 0.800 bits per heavy atom. The maximum atomic E-state index is 8.00. The molecule has 0 aromatic heterocycles. The lowest BCUT2D eigenvalue weighted by atomic mass is 11.9. The van der Waals surface area contributed by atoms with Crippen molar-refractivity contribution in [3.05, 3.63) is 0 Å². The third-order valence-corrected chi connectivity index (χ3v) is 0. The fourth-order valence-corrected chi connectivity index (χ4v) is 0. The molecule has 0 saturated heterocycles. The second kappa shape index (κ2) is 933. The van der Waals surface area contributed by atoms with Crippen molar-refractivity contribution in [1.29, 1.82) is 0 Å². The Hall–Kier alpha value is -0.690. The number of carbonyl (C=O) groups excluding carboxylic acids is 1. The van der Waals surface area contributed by atoms with E-state index in [2.05, 4.69) is 5.90 Å². The van der Waals surface area contributed by atoms with Crippen LogP contribution in [0.1, 0.15) is 14.9 Å². The largest absolute Gasteiger partial charge is 0.320 e. The average molecular weight is 175 g/mol. The molecule has 74 valence electrons. The highest BCUT2D eigenvalue weighted by molar-refractivity contribution is 5.10. The highest BCUT2D eigenvalue weighted by Crippen LogP contribution is 0.495. The van der Waals surface area contributed by atoms with Gasteiger partial charge in [0.05, 0.1) is 0 Å². The van der Waals surface area contributed by atoms with Crippen molar-refractivity contribution in [2.24, 2.45) is 5.90 Å². The Morgan fingerprint density at radius 1 is 0.800 bits per heavy atom. The van der Waals surface area contributed by atoms with Gasteiger partial charge in [0.1, 0.15) is 6.79 Å². The minimum Gasteiger partial charge on any atom is -0.320 e. The molecule has 0 aliphatic rings. The molecule has 0 heterocycles. The summed E-state index contributed by atoms with van der Waals surface area (Å²) in [6, 6.07) is 0. The van der Waals surface area contributed by atoms with Crippen LogP contribution in [0.25, 0.3) is 0 Å². The van der Waals surface area contributed by atoms with Gasteiger partial charge >= 0.3 is 0 Å². The van der Waals surface area contributed by atoms with E-state index in [1.165, 1.54) is 0 Å². The minimum atomic E-state index is 0. The van der Waals surface area contributed by atoms with Gasteiger partial charge in [-0.05, 0) is 0 Å². The molecule has 0 unspecified atom stereocenters. The molecule has 0 saturated carbocycles. The van der Waals surface area contributed by atoms with E-state index in [0.717, 1.165) is 0 Å². The quantitative estimate of drug-likeness (QED) is 0.427. The van der Waals surface area contributed by atoms with Crippen LogP contribution in [0, 0.1) is 0 Å². The van der Waals surface area contributed by atoms with Crippen molar-refractivity contribution in [1.82, 2.24) is 0 Å². The molecule has 0 aliphatic heterocycles. The Balaban J connectivity index is -0.000000000833. The molecular weight excluding hydrogens is 158 g/mol. The van der Waals surface area contributed by atoms with Crippen LogP contribution in [0.15, 0.2) is 0 Å². The Kier molecular flexibility index (Phi) is 34900. The van der Waals surface area contributed by atoms with E-state index in [1.54, 1.807) is 0 Å². The molecule has 0 amide bonds. The van der Waals surface area contributed by atoms with Crippen LogP contribution in [-0.4, -0.2) is 12.0 Å². The zero-order valence-electron chi connectivity index (χ0n) is 3.77. The first-order chi connectivity index (χ1) is 2.00. The molecule has 3 nitrogen and oxygen atoms in total. The van der Waals surface area contributed by atoms with Gasteiger partial charge in [-0.3, -0.25) is 18.8 Å². The first-order valence-electron chi connectivity index (χ1n) is 0.547. The first-order valence-corrected chi connectivity index (χ1v) is 0.547. The van der Waals surface area contributed by atoms with E-state index in [4.69, 9.17) is 10.0 Å². The van der Waals surface area contributed by atoms with Crippen LogP contribution < -0.4 is 5.90 Å². The number of hydrogen-bond acceptors (Lipinski definition) is 3. The number of halogens is 4. The van der Waals surface area contributed by atoms with Crippen LogP contribution in [-0.2, 0) is 4.79 Å². The fraction of sp³-hybridized carbons (Fsp3) is 0.667. The third-order valence-electron chi connectivity index (χ3n) is 0. The number of hydrogen-bond donors (Lipinski definition) is 2. The second-order valence-electron chi connectivity index (χ2n) is 0. The van der Waals surface area contributed by atoms with Crippen molar-refractivity contribution >= 4 is 6.79 Å². The summed E-state index contributed by atoms with van der Waals surface area (Å²) in [5.41, 5.74) is 0. The van der Waals surface area contributed by atoms with E-state index in [1.807, 2.05) is 6.79 Å². The van der Waals surface area contributed by atoms with Crippen molar-refractivity contribution in [3.63, 3.8) is 0 Å². The van der Waals surface area contributed by atoms with E-state index < -0.39 is 0 Å². The molecule has 0 spiro atoms. The summed E-state index contributed by atoms with van der Waals surface area (Å²) in [5, 5.41) is 6.50. The van der Waals surface area contributed by atoms with E-state index in [-0.39, 0.29) is 33.7 Å². The maximum Gasteiger partial charge on any atom is 0.106 e. The van der Waals surface area contributed by atoms with Crippen LogP contribution in [0.3, 0.4) is 0 Å². The predicted molar refractivity (Wildman–Crippen MR) is 36.6 cm³/mol. The highest BCUT2D eigenvalue weighted by Gasteiger charge is 0.732. The molecule has 0 aliphatic carbocycles. The Labute approximate surface area is 57.7 Å². The summed E-state index contributed by atoms with van der Waals surface area (Å²) in [4.78, 5) is 8.00. The van der Waals surface area contributed by atoms with E-state index >= 15 is 0 Å². The molecule has 0 aromatic carbocycles. The summed E-state index contributed by atoms with van der Waals surface area (Å²) in [6.45, 7) is 2.00. The zero-order valence-corrected chi connectivity index (χ0v) is 3.77. The number of nitrogens with two attached hydrogens (primary N) is 1. The van der Waals surface area contributed by atoms with Crippen molar-refractivity contribution < 1.29 is 28.8 Å². The van der Waals surface area contributed by atoms with E-state index in [0.29, 0.717) is 0 Å². The lowest BCUT2D eigenvalue weighted by Gasteiger charge is -1.27. The summed E-state index contributed by atoms with van der Waals surface area (Å²) in [7, 11) is 0. The highest BCUT2D eigenvalue weighted by atomic mass is 19.0. The first kappa shape index (κ1) is 375. The van der Waals surface area contributed by atoms with Crippen LogP contribution in [0.5, 0.6) is 0 Å². The van der Waals surface area contributed by atoms with Gasteiger partial charge in [-0.1, -0.05) is 14.9 Å². The molecule has 7 heteroatoms. The van der Waals surface area contributed by atoms with Gasteiger partial charge in [-0.15, -0.1) is 0 Å². The summed E-state index contributed by atoms with van der Waals surface area (Å²) < 4.78 is 0. The number of rotatable bonds is 0. The summed E-state index contributed by atoms with van der Waals surface area (Å²) in [6.07, 6.45) is 0. The lowest BCUT2D eigenvalue weighted by Crippen LogP contribution is -1.72. The van der Waals surface area contributed by atoms with Crippen molar-refractivity contribution in [2.45, 2.75) is 14.9 Å². The molecule has 0 radical (unpaired) electrons. The van der Waals surface area contributed by atoms with Crippen molar-refractivity contribution in [3.8, 4) is 0 Å². The number of carbonyl (C=O) groups is 1. The van der Waals surface area contributed by atoms with Crippen LogP contribution in [0.2, 0.25) is 0 Å². The SMILES string of the molecule is C.C.C=O.F.F.F.F.NO.